The number of para-hydroxylation sites is 1. The van der Waals surface area contributed by atoms with Crippen molar-refractivity contribution in [1.29, 1.82) is 0 Å². The molecule has 0 bridgehead atoms. The zero-order valence-corrected chi connectivity index (χ0v) is 14.5. The topological polar surface area (TPSA) is 27.1 Å². The standard InChI is InChI=1S/C20H13F5N2O/c1-28-15(8-12-16(21)18(23)20(25)19(24)17(12)22)27-13-5-3-2-4-10(13)11-6-7-26-9-14(11)27/h2-7,9,15H,8H2,1H3. The Morgan fingerprint density at radius 1 is 0.857 bits per heavy atom. The second kappa shape index (κ2) is 6.87. The number of aromatic nitrogens is 2. The summed E-state index contributed by atoms with van der Waals surface area (Å²) in [7, 11) is 1.30. The van der Waals surface area contributed by atoms with E-state index in [9.17, 15) is 22.0 Å². The summed E-state index contributed by atoms with van der Waals surface area (Å²) in [5.41, 5.74) is 0.360. The van der Waals surface area contributed by atoms with Crippen LogP contribution in [0.2, 0.25) is 0 Å². The van der Waals surface area contributed by atoms with Crippen molar-refractivity contribution in [3.63, 3.8) is 0 Å². The number of pyridine rings is 1. The molecule has 0 aliphatic rings. The van der Waals surface area contributed by atoms with Crippen molar-refractivity contribution in [3.05, 3.63) is 77.4 Å². The van der Waals surface area contributed by atoms with E-state index < -0.39 is 47.3 Å². The van der Waals surface area contributed by atoms with E-state index in [-0.39, 0.29) is 0 Å². The molecule has 144 valence electrons. The molecule has 4 aromatic rings. The van der Waals surface area contributed by atoms with Crippen LogP contribution in [0.4, 0.5) is 22.0 Å². The highest BCUT2D eigenvalue weighted by Gasteiger charge is 2.28. The lowest BCUT2D eigenvalue weighted by Crippen LogP contribution is -2.17. The Balaban J connectivity index is 1.92. The Kier molecular flexibility index (Phi) is 4.50. The van der Waals surface area contributed by atoms with Crippen LogP contribution in [0, 0.1) is 29.1 Å². The molecule has 0 aliphatic carbocycles. The van der Waals surface area contributed by atoms with Gasteiger partial charge in [-0.25, -0.2) is 22.0 Å². The van der Waals surface area contributed by atoms with Gasteiger partial charge in [0.1, 0.15) is 6.23 Å². The van der Waals surface area contributed by atoms with E-state index in [2.05, 4.69) is 4.98 Å². The van der Waals surface area contributed by atoms with Gasteiger partial charge in [-0.15, -0.1) is 0 Å². The number of hydrogen-bond donors (Lipinski definition) is 0. The fraction of sp³-hybridized carbons (Fsp3) is 0.150. The molecule has 2 aromatic heterocycles. The second-order valence-corrected chi connectivity index (χ2v) is 6.22. The van der Waals surface area contributed by atoms with Crippen molar-refractivity contribution in [2.24, 2.45) is 0 Å². The van der Waals surface area contributed by atoms with E-state index in [1.807, 2.05) is 12.1 Å². The Morgan fingerprint density at radius 3 is 2.14 bits per heavy atom. The third-order valence-corrected chi connectivity index (χ3v) is 4.75. The van der Waals surface area contributed by atoms with Crippen LogP contribution in [0.1, 0.15) is 11.8 Å². The van der Waals surface area contributed by atoms with Gasteiger partial charge in [0.2, 0.25) is 5.82 Å². The molecule has 0 N–H and O–H groups in total. The summed E-state index contributed by atoms with van der Waals surface area (Å²) in [5.74, 6) is -9.87. The summed E-state index contributed by atoms with van der Waals surface area (Å²) < 4.78 is 75.9. The first-order valence-corrected chi connectivity index (χ1v) is 8.31. The van der Waals surface area contributed by atoms with Gasteiger partial charge in [0.15, 0.2) is 23.3 Å². The maximum Gasteiger partial charge on any atom is 0.200 e. The van der Waals surface area contributed by atoms with Crippen molar-refractivity contribution in [1.82, 2.24) is 9.55 Å². The van der Waals surface area contributed by atoms with Gasteiger partial charge in [-0.05, 0) is 12.1 Å². The molecule has 0 saturated carbocycles. The maximum absolute atomic E-state index is 14.2. The summed E-state index contributed by atoms with van der Waals surface area (Å²) in [6.45, 7) is 0. The first-order chi connectivity index (χ1) is 13.5. The van der Waals surface area contributed by atoms with Crippen molar-refractivity contribution in [3.8, 4) is 0 Å². The van der Waals surface area contributed by atoms with Gasteiger partial charge in [0.05, 0.1) is 17.2 Å². The number of hydrogen-bond acceptors (Lipinski definition) is 2. The van der Waals surface area contributed by atoms with Crippen molar-refractivity contribution >= 4 is 21.8 Å². The molecule has 1 atom stereocenters. The van der Waals surface area contributed by atoms with E-state index in [1.165, 1.54) is 7.11 Å². The Morgan fingerprint density at radius 2 is 1.46 bits per heavy atom. The van der Waals surface area contributed by atoms with E-state index >= 15 is 0 Å². The fourth-order valence-electron chi connectivity index (χ4n) is 3.44. The van der Waals surface area contributed by atoms with Gasteiger partial charge in [0, 0.05) is 36.1 Å². The molecule has 0 aliphatic heterocycles. The lowest BCUT2D eigenvalue weighted by Gasteiger charge is -2.21. The molecule has 0 amide bonds. The van der Waals surface area contributed by atoms with Gasteiger partial charge in [-0.2, -0.15) is 0 Å². The number of halogens is 5. The number of rotatable bonds is 4. The smallest absolute Gasteiger partial charge is 0.200 e. The SMILES string of the molecule is COC(Cc1c(F)c(F)c(F)c(F)c1F)n1c2ccccc2c2ccncc21. The lowest BCUT2D eigenvalue weighted by atomic mass is 10.1. The molecule has 0 spiro atoms. The van der Waals surface area contributed by atoms with E-state index in [0.717, 1.165) is 10.8 Å². The highest BCUT2D eigenvalue weighted by molar-refractivity contribution is 6.07. The average molecular weight is 392 g/mol. The highest BCUT2D eigenvalue weighted by atomic mass is 19.2. The molecule has 2 aromatic carbocycles. The highest BCUT2D eigenvalue weighted by Crippen LogP contribution is 2.34. The van der Waals surface area contributed by atoms with E-state index in [4.69, 9.17) is 4.74 Å². The Bertz CT molecular complexity index is 1120. The van der Waals surface area contributed by atoms with Crippen molar-refractivity contribution in [2.45, 2.75) is 12.6 Å². The maximum atomic E-state index is 14.2. The van der Waals surface area contributed by atoms with Crippen LogP contribution in [0.5, 0.6) is 0 Å². The van der Waals surface area contributed by atoms with Crippen LogP contribution in [0.3, 0.4) is 0 Å². The molecule has 0 fully saturated rings. The molecule has 1 unspecified atom stereocenters. The van der Waals surface area contributed by atoms with Crippen LogP contribution in [-0.2, 0) is 11.2 Å². The van der Waals surface area contributed by atoms with Crippen molar-refractivity contribution < 1.29 is 26.7 Å². The van der Waals surface area contributed by atoms with Crippen LogP contribution in [-0.4, -0.2) is 16.7 Å². The number of ether oxygens (including phenoxy) is 1. The molecule has 4 rings (SSSR count). The van der Waals surface area contributed by atoms with Crippen LogP contribution in [0.25, 0.3) is 21.8 Å². The minimum atomic E-state index is -2.19. The first-order valence-electron chi connectivity index (χ1n) is 8.31. The first kappa shape index (κ1) is 18.4. The lowest BCUT2D eigenvalue weighted by molar-refractivity contribution is 0.0495. The van der Waals surface area contributed by atoms with Crippen molar-refractivity contribution in [2.75, 3.05) is 7.11 Å². The summed E-state index contributed by atoms with van der Waals surface area (Å²) >= 11 is 0. The number of fused-ring (bicyclic) bond motifs is 3. The Labute approximate surface area is 156 Å². The third kappa shape index (κ3) is 2.63. The largest absolute Gasteiger partial charge is 0.361 e. The second-order valence-electron chi connectivity index (χ2n) is 6.22. The minimum absolute atomic E-state index is 0.565. The molecule has 3 nitrogen and oxygen atoms in total. The van der Waals surface area contributed by atoms with Gasteiger partial charge in [-0.3, -0.25) is 4.98 Å². The molecule has 0 radical (unpaired) electrons. The molecular formula is C20H13F5N2O. The van der Waals surface area contributed by atoms with Crippen LogP contribution >= 0.6 is 0 Å². The van der Waals surface area contributed by atoms with E-state index in [1.54, 1.807) is 35.2 Å². The van der Waals surface area contributed by atoms with Crippen LogP contribution < -0.4 is 0 Å². The predicted molar refractivity (Wildman–Crippen MR) is 93.2 cm³/mol. The molecule has 2 heterocycles. The molecule has 8 heteroatoms. The minimum Gasteiger partial charge on any atom is -0.361 e. The Hall–Kier alpha value is -3.00. The quantitative estimate of drug-likeness (QED) is 0.269. The summed E-state index contributed by atoms with van der Waals surface area (Å²) in [6.07, 6.45) is 1.57. The molecule has 0 saturated heterocycles. The van der Waals surface area contributed by atoms with Gasteiger partial charge >= 0.3 is 0 Å². The zero-order chi connectivity index (χ0) is 20.0. The number of nitrogens with zero attached hydrogens (tertiary/aromatic N) is 2. The normalized spacial score (nSPS) is 12.8. The molecule has 28 heavy (non-hydrogen) atoms. The zero-order valence-electron chi connectivity index (χ0n) is 14.5. The van der Waals surface area contributed by atoms with Gasteiger partial charge < -0.3 is 9.30 Å². The predicted octanol–water partition coefficient (Wildman–Crippen LogP) is 5.27. The fourth-order valence-corrected chi connectivity index (χ4v) is 3.44. The van der Waals surface area contributed by atoms with Crippen LogP contribution in [0.15, 0.2) is 42.7 Å². The number of benzene rings is 2. The summed E-state index contributed by atoms with van der Waals surface area (Å²) in [6, 6.07) is 9.02. The average Bonchev–Trinajstić information content (AvgIpc) is 3.06. The summed E-state index contributed by atoms with van der Waals surface area (Å²) in [5, 5.41) is 1.67. The van der Waals surface area contributed by atoms with E-state index in [0.29, 0.717) is 11.0 Å². The number of methoxy groups -OCH3 is 1. The van der Waals surface area contributed by atoms with Gasteiger partial charge in [0.25, 0.3) is 0 Å². The monoisotopic (exact) mass is 392 g/mol. The van der Waals surface area contributed by atoms with Gasteiger partial charge in [-0.1, -0.05) is 18.2 Å². The molecular weight excluding hydrogens is 379 g/mol. The summed E-state index contributed by atoms with van der Waals surface area (Å²) in [4.78, 5) is 4.07. The third-order valence-electron chi connectivity index (χ3n) is 4.75.